The minimum absolute atomic E-state index is 0.152. The highest BCUT2D eigenvalue weighted by molar-refractivity contribution is 5.40. The van der Waals surface area contributed by atoms with Gasteiger partial charge < -0.3 is 9.47 Å². The van der Waals surface area contributed by atoms with Gasteiger partial charge in [-0.3, -0.25) is 0 Å². The highest BCUT2D eigenvalue weighted by Gasteiger charge is 2.04. The third-order valence-electron chi connectivity index (χ3n) is 2.00. The molecule has 0 unspecified atom stereocenters. The van der Waals surface area contributed by atoms with Gasteiger partial charge in [0.2, 0.25) is 6.73 Å². The van der Waals surface area contributed by atoms with Crippen LogP contribution in [-0.2, 0) is 6.42 Å². The number of nitrogens with zero attached hydrogens (tertiary/aromatic N) is 1. The van der Waals surface area contributed by atoms with Crippen molar-refractivity contribution >= 4 is 0 Å². The van der Waals surface area contributed by atoms with Gasteiger partial charge in [-0.25, -0.2) is 0 Å². The zero-order valence-corrected chi connectivity index (χ0v) is 9.03. The van der Waals surface area contributed by atoms with Crippen LogP contribution in [0.15, 0.2) is 23.4 Å². The number of ether oxygens (including phenoxy) is 2. The molecule has 4 heteroatoms. The Bertz CT molecular complexity index is 326. The van der Waals surface area contributed by atoms with E-state index in [-0.39, 0.29) is 6.73 Å². The van der Waals surface area contributed by atoms with Gasteiger partial charge >= 0.3 is 0 Å². The third-order valence-corrected chi connectivity index (χ3v) is 2.00. The second-order valence-corrected chi connectivity index (χ2v) is 2.96. The Balaban J connectivity index is 2.82. The fraction of sp³-hybridized carbons (Fsp3) is 0.455. The summed E-state index contributed by atoms with van der Waals surface area (Å²) in [6.45, 7) is 4.44. The summed E-state index contributed by atoms with van der Waals surface area (Å²) in [6, 6.07) is 5.54. The van der Waals surface area contributed by atoms with E-state index in [4.69, 9.17) is 9.47 Å². The lowest BCUT2D eigenvalue weighted by Gasteiger charge is -2.10. The molecule has 0 aliphatic carbocycles. The molecule has 0 atom stereocenters. The van der Waals surface area contributed by atoms with Crippen molar-refractivity contribution in [3.05, 3.63) is 28.7 Å². The van der Waals surface area contributed by atoms with Gasteiger partial charge in [0.25, 0.3) is 0 Å². The van der Waals surface area contributed by atoms with E-state index in [1.807, 2.05) is 26.0 Å². The zero-order valence-electron chi connectivity index (χ0n) is 9.03. The van der Waals surface area contributed by atoms with Crippen molar-refractivity contribution in [1.29, 1.82) is 0 Å². The van der Waals surface area contributed by atoms with Gasteiger partial charge in [0.05, 0.1) is 6.61 Å². The number of hydrogen-bond acceptors (Lipinski definition) is 4. The van der Waals surface area contributed by atoms with Crippen LogP contribution >= 0.6 is 0 Å². The minimum atomic E-state index is -0.152. The second kappa shape index (κ2) is 6.01. The molecule has 0 aromatic heterocycles. The maximum atomic E-state index is 9.95. The van der Waals surface area contributed by atoms with E-state index < -0.39 is 0 Å². The SMILES string of the molecule is CCOc1ccc(OCN=O)c(CC)c1. The number of rotatable bonds is 6. The van der Waals surface area contributed by atoms with Gasteiger partial charge in [0, 0.05) is 0 Å². The van der Waals surface area contributed by atoms with Crippen LogP contribution in [0.3, 0.4) is 0 Å². The Morgan fingerprint density at radius 2 is 2.07 bits per heavy atom. The van der Waals surface area contributed by atoms with Crippen LogP contribution in [0.1, 0.15) is 19.4 Å². The minimum Gasteiger partial charge on any atom is -0.494 e. The predicted molar refractivity (Wildman–Crippen MR) is 58.3 cm³/mol. The predicted octanol–water partition coefficient (Wildman–Crippen LogP) is 2.75. The molecule has 15 heavy (non-hydrogen) atoms. The van der Waals surface area contributed by atoms with Crippen molar-refractivity contribution in [1.82, 2.24) is 0 Å². The lowest BCUT2D eigenvalue weighted by Crippen LogP contribution is -1.98. The van der Waals surface area contributed by atoms with Crippen LogP contribution in [0.2, 0.25) is 0 Å². The summed E-state index contributed by atoms with van der Waals surface area (Å²) in [7, 11) is 0. The summed E-state index contributed by atoms with van der Waals surface area (Å²) in [6.07, 6.45) is 0.828. The lowest BCUT2D eigenvalue weighted by molar-refractivity contribution is 0.321. The molecular formula is C11H15NO3. The van der Waals surface area contributed by atoms with E-state index in [2.05, 4.69) is 5.18 Å². The van der Waals surface area contributed by atoms with Gasteiger partial charge in [0.15, 0.2) is 0 Å². The van der Waals surface area contributed by atoms with Gasteiger partial charge in [-0.1, -0.05) is 6.92 Å². The molecule has 0 spiro atoms. The fourth-order valence-electron chi connectivity index (χ4n) is 1.33. The molecule has 0 radical (unpaired) electrons. The maximum Gasteiger partial charge on any atom is 0.219 e. The number of nitroso groups, excluding NO2 is 1. The van der Waals surface area contributed by atoms with Crippen molar-refractivity contribution in [3.63, 3.8) is 0 Å². The van der Waals surface area contributed by atoms with Gasteiger partial charge in [-0.15, -0.1) is 4.91 Å². The molecule has 0 N–H and O–H groups in total. The van der Waals surface area contributed by atoms with Gasteiger partial charge in [0.1, 0.15) is 11.5 Å². The Morgan fingerprint density at radius 3 is 2.67 bits per heavy atom. The molecule has 1 rings (SSSR count). The van der Waals surface area contributed by atoms with Gasteiger partial charge in [-0.05, 0) is 42.3 Å². The fourth-order valence-corrected chi connectivity index (χ4v) is 1.33. The Labute approximate surface area is 89.2 Å². The average Bonchev–Trinajstić information content (AvgIpc) is 2.27. The highest BCUT2D eigenvalue weighted by Crippen LogP contribution is 2.24. The molecule has 0 saturated heterocycles. The Kier molecular flexibility index (Phi) is 4.60. The first kappa shape index (κ1) is 11.5. The molecule has 0 aliphatic rings. The molecule has 0 bridgehead atoms. The molecule has 82 valence electrons. The summed E-state index contributed by atoms with van der Waals surface area (Å²) in [4.78, 5) is 9.95. The van der Waals surface area contributed by atoms with Crippen LogP contribution in [0.25, 0.3) is 0 Å². The van der Waals surface area contributed by atoms with E-state index >= 15 is 0 Å². The molecule has 0 aliphatic heterocycles. The van der Waals surface area contributed by atoms with Gasteiger partial charge in [-0.2, -0.15) is 0 Å². The maximum absolute atomic E-state index is 9.95. The number of hydrogen-bond donors (Lipinski definition) is 0. The topological polar surface area (TPSA) is 47.9 Å². The molecule has 4 nitrogen and oxygen atoms in total. The molecule has 0 fully saturated rings. The highest BCUT2D eigenvalue weighted by atomic mass is 16.5. The van der Waals surface area contributed by atoms with Crippen molar-refractivity contribution in [2.75, 3.05) is 13.3 Å². The van der Waals surface area contributed by atoms with Crippen LogP contribution in [0.4, 0.5) is 0 Å². The van der Waals surface area contributed by atoms with Crippen LogP contribution in [0.5, 0.6) is 11.5 Å². The first-order valence-corrected chi connectivity index (χ1v) is 4.99. The van der Waals surface area contributed by atoms with Crippen molar-refractivity contribution in [3.8, 4) is 11.5 Å². The second-order valence-electron chi connectivity index (χ2n) is 2.96. The summed E-state index contributed by atoms with van der Waals surface area (Å²) in [5, 5.41) is 2.66. The largest absolute Gasteiger partial charge is 0.494 e. The molecular weight excluding hydrogens is 194 g/mol. The lowest BCUT2D eigenvalue weighted by atomic mass is 10.1. The van der Waals surface area contributed by atoms with E-state index in [1.54, 1.807) is 6.07 Å². The van der Waals surface area contributed by atoms with E-state index in [0.29, 0.717) is 12.4 Å². The smallest absolute Gasteiger partial charge is 0.219 e. The first-order chi connectivity index (χ1) is 7.31. The standard InChI is InChI=1S/C11H15NO3/c1-3-9-7-10(14-4-2)5-6-11(9)15-8-12-13/h5-7H,3-4,8H2,1-2H3. The quantitative estimate of drug-likeness (QED) is 0.677. The summed E-state index contributed by atoms with van der Waals surface area (Å²) >= 11 is 0. The van der Waals surface area contributed by atoms with Crippen molar-refractivity contribution in [2.24, 2.45) is 5.18 Å². The molecule has 1 aromatic rings. The normalized spacial score (nSPS) is 9.73. The summed E-state index contributed by atoms with van der Waals surface area (Å²) in [5.74, 6) is 1.52. The van der Waals surface area contributed by atoms with E-state index in [9.17, 15) is 4.91 Å². The van der Waals surface area contributed by atoms with Crippen molar-refractivity contribution in [2.45, 2.75) is 20.3 Å². The van der Waals surface area contributed by atoms with E-state index in [0.717, 1.165) is 17.7 Å². The monoisotopic (exact) mass is 209 g/mol. The van der Waals surface area contributed by atoms with Crippen LogP contribution in [0, 0.1) is 4.91 Å². The number of benzene rings is 1. The third kappa shape index (κ3) is 3.23. The summed E-state index contributed by atoms with van der Waals surface area (Å²) < 4.78 is 10.5. The Morgan fingerprint density at radius 1 is 1.27 bits per heavy atom. The Hall–Kier alpha value is -1.58. The number of aryl methyl sites for hydroxylation is 1. The zero-order chi connectivity index (χ0) is 11.1. The molecule has 1 aromatic carbocycles. The molecule has 0 saturated carbocycles. The average molecular weight is 209 g/mol. The summed E-state index contributed by atoms with van der Waals surface area (Å²) in [5.41, 5.74) is 1.02. The van der Waals surface area contributed by atoms with E-state index in [1.165, 1.54) is 0 Å². The molecule has 0 heterocycles. The first-order valence-electron chi connectivity index (χ1n) is 4.99. The molecule has 0 amide bonds. The van der Waals surface area contributed by atoms with Crippen molar-refractivity contribution < 1.29 is 9.47 Å². The van der Waals surface area contributed by atoms with Crippen LogP contribution < -0.4 is 9.47 Å². The van der Waals surface area contributed by atoms with Crippen LogP contribution in [-0.4, -0.2) is 13.3 Å².